The van der Waals surface area contributed by atoms with E-state index in [0.717, 1.165) is 0 Å². The Morgan fingerprint density at radius 1 is 1.36 bits per heavy atom. The van der Waals surface area contributed by atoms with E-state index in [2.05, 4.69) is 30.2 Å². The predicted molar refractivity (Wildman–Crippen MR) is 52.1 cm³/mol. The second-order valence-electron chi connectivity index (χ2n) is 2.02. The zero-order chi connectivity index (χ0) is 11.6. The normalized spacial score (nSPS) is 7.43. The highest BCUT2D eigenvalue weighted by atomic mass is 16.5. The minimum atomic E-state index is -1.19. The highest BCUT2D eigenvalue weighted by molar-refractivity contribution is 5.92. The zero-order valence-electron chi connectivity index (χ0n) is 7.73. The monoisotopic (exact) mass is 199 g/mol. The van der Waals surface area contributed by atoms with Crippen LogP contribution in [0.5, 0.6) is 0 Å². The Morgan fingerprint density at radius 3 is 1.86 bits per heavy atom. The molecule has 0 rings (SSSR count). The number of primary amides is 1. The number of nitrogens with two attached hydrogens (primary N) is 1. The van der Waals surface area contributed by atoms with Gasteiger partial charge in [-0.05, 0) is 0 Å². The van der Waals surface area contributed by atoms with E-state index in [4.69, 9.17) is 5.11 Å². The number of ether oxygens (including phenoxy) is 1. The summed E-state index contributed by atoms with van der Waals surface area (Å²) in [6, 6.07) is 0. The molecule has 0 aliphatic rings. The van der Waals surface area contributed by atoms with Gasteiger partial charge in [-0.3, -0.25) is 4.79 Å². The van der Waals surface area contributed by atoms with Gasteiger partial charge in [-0.25, -0.2) is 4.79 Å². The van der Waals surface area contributed by atoms with Crippen LogP contribution in [0.1, 0.15) is 6.42 Å². The average molecular weight is 199 g/mol. The van der Waals surface area contributed by atoms with Crippen LogP contribution < -0.4 is 5.73 Å². The maximum Gasteiger partial charge on any atom is 0.331 e. The first-order chi connectivity index (χ1) is 6.45. The fourth-order valence-corrected chi connectivity index (χ4v) is 0.354. The molecule has 14 heavy (non-hydrogen) atoms. The first kappa shape index (κ1) is 14.5. The number of carbonyl (C=O) groups excluding carboxylic acids is 1. The third-order valence-electron chi connectivity index (χ3n) is 0.883. The molecular formula is C9H13NO4. The molecule has 0 radical (unpaired) electrons. The molecule has 0 spiro atoms. The van der Waals surface area contributed by atoms with Crippen molar-refractivity contribution in [3.63, 3.8) is 0 Å². The van der Waals surface area contributed by atoms with Gasteiger partial charge >= 0.3 is 5.97 Å². The van der Waals surface area contributed by atoms with E-state index in [1.807, 2.05) is 0 Å². The highest BCUT2D eigenvalue weighted by Gasteiger charge is 2.05. The van der Waals surface area contributed by atoms with Crippen LogP contribution in [0.3, 0.4) is 0 Å². The lowest BCUT2D eigenvalue weighted by molar-refractivity contribution is -0.133. The third-order valence-corrected chi connectivity index (χ3v) is 0.883. The van der Waals surface area contributed by atoms with Crippen LogP contribution in [0.4, 0.5) is 0 Å². The molecule has 0 heterocycles. The Labute approximate surface area is 82.2 Å². The molecule has 0 saturated heterocycles. The van der Waals surface area contributed by atoms with Crippen LogP contribution in [-0.4, -0.2) is 17.0 Å². The van der Waals surface area contributed by atoms with Crippen molar-refractivity contribution in [2.45, 2.75) is 6.42 Å². The molecule has 0 saturated carbocycles. The van der Waals surface area contributed by atoms with Crippen LogP contribution in [0.15, 0.2) is 37.8 Å². The van der Waals surface area contributed by atoms with Gasteiger partial charge in [0.05, 0.1) is 18.9 Å². The zero-order valence-corrected chi connectivity index (χ0v) is 7.73. The Kier molecular flexibility index (Phi) is 9.36. The SMILES string of the molecule is C=C(CC(N)=O)C(=O)O.C=COC=C. The van der Waals surface area contributed by atoms with Gasteiger partial charge in [-0.2, -0.15) is 0 Å². The maximum atomic E-state index is 10.0. The summed E-state index contributed by atoms with van der Waals surface area (Å²) >= 11 is 0. The summed E-state index contributed by atoms with van der Waals surface area (Å²) in [6.07, 6.45) is 2.34. The molecule has 5 nitrogen and oxygen atoms in total. The smallest absolute Gasteiger partial charge is 0.331 e. The fraction of sp³-hybridized carbons (Fsp3) is 0.111. The van der Waals surface area contributed by atoms with Crippen molar-refractivity contribution in [2.75, 3.05) is 0 Å². The molecule has 1 amide bonds. The minimum absolute atomic E-state index is 0.178. The minimum Gasteiger partial charge on any atom is -0.478 e. The van der Waals surface area contributed by atoms with Crippen LogP contribution >= 0.6 is 0 Å². The van der Waals surface area contributed by atoms with Gasteiger partial charge in [-0.1, -0.05) is 19.7 Å². The Bertz CT molecular complexity index is 239. The van der Waals surface area contributed by atoms with Crippen LogP contribution in [0, 0.1) is 0 Å². The summed E-state index contributed by atoms with van der Waals surface area (Å²) in [7, 11) is 0. The largest absolute Gasteiger partial charge is 0.478 e. The standard InChI is InChI=1S/C5H7NO3.C4H6O/c1-3(5(8)9)2-4(6)7;1-3-5-4-2/h1-2H2,(H2,6,7)(H,8,9);3-4H,1-2H2. The van der Waals surface area contributed by atoms with E-state index in [9.17, 15) is 9.59 Å². The summed E-state index contributed by atoms with van der Waals surface area (Å²) < 4.78 is 4.36. The summed E-state index contributed by atoms with van der Waals surface area (Å²) in [5.41, 5.74) is 4.49. The summed E-state index contributed by atoms with van der Waals surface area (Å²) in [4.78, 5) is 19.9. The van der Waals surface area contributed by atoms with E-state index >= 15 is 0 Å². The topological polar surface area (TPSA) is 89.6 Å². The summed E-state index contributed by atoms with van der Waals surface area (Å²) in [5.74, 6) is -1.86. The lowest BCUT2D eigenvalue weighted by Crippen LogP contribution is -2.14. The Morgan fingerprint density at radius 2 is 1.79 bits per heavy atom. The molecule has 78 valence electrons. The first-order valence-electron chi connectivity index (χ1n) is 3.52. The van der Waals surface area contributed by atoms with Crippen molar-refractivity contribution >= 4 is 11.9 Å². The predicted octanol–water partition coefficient (Wildman–Crippen LogP) is 0.793. The number of carboxylic acids is 1. The quantitative estimate of drug-likeness (QED) is 0.506. The molecule has 0 unspecified atom stereocenters. The van der Waals surface area contributed by atoms with Crippen molar-refractivity contribution in [3.05, 3.63) is 37.8 Å². The average Bonchev–Trinajstić information content (AvgIpc) is 2.05. The second kappa shape index (κ2) is 9.05. The number of carbonyl (C=O) groups is 2. The van der Waals surface area contributed by atoms with E-state index in [1.165, 1.54) is 12.5 Å². The van der Waals surface area contributed by atoms with Crippen LogP contribution in [0.2, 0.25) is 0 Å². The van der Waals surface area contributed by atoms with Crippen LogP contribution in [0.25, 0.3) is 0 Å². The van der Waals surface area contributed by atoms with Crippen molar-refractivity contribution < 1.29 is 19.4 Å². The van der Waals surface area contributed by atoms with Gasteiger partial charge in [0, 0.05) is 5.57 Å². The van der Waals surface area contributed by atoms with Gasteiger partial charge in [-0.15, -0.1) is 0 Å². The van der Waals surface area contributed by atoms with E-state index in [0.29, 0.717) is 0 Å². The van der Waals surface area contributed by atoms with Gasteiger partial charge < -0.3 is 15.6 Å². The Balaban J connectivity index is 0. The van der Waals surface area contributed by atoms with E-state index in [-0.39, 0.29) is 12.0 Å². The van der Waals surface area contributed by atoms with Crippen molar-refractivity contribution in [1.29, 1.82) is 0 Å². The molecule has 0 aromatic carbocycles. The molecule has 0 atom stereocenters. The van der Waals surface area contributed by atoms with Crippen molar-refractivity contribution in [3.8, 4) is 0 Å². The molecule has 0 aliphatic carbocycles. The van der Waals surface area contributed by atoms with Crippen molar-refractivity contribution in [1.82, 2.24) is 0 Å². The van der Waals surface area contributed by atoms with E-state index < -0.39 is 11.9 Å². The lowest BCUT2D eigenvalue weighted by Gasteiger charge is -1.92. The lowest BCUT2D eigenvalue weighted by atomic mass is 10.2. The molecule has 0 aromatic heterocycles. The first-order valence-corrected chi connectivity index (χ1v) is 3.52. The van der Waals surface area contributed by atoms with Gasteiger partial charge in [0.2, 0.25) is 5.91 Å². The molecule has 3 N–H and O–H groups in total. The van der Waals surface area contributed by atoms with Crippen molar-refractivity contribution in [2.24, 2.45) is 5.73 Å². The number of rotatable bonds is 5. The molecular weight excluding hydrogens is 186 g/mol. The van der Waals surface area contributed by atoms with Crippen LogP contribution in [-0.2, 0) is 14.3 Å². The summed E-state index contributed by atoms with van der Waals surface area (Å²) in [5, 5.41) is 8.12. The van der Waals surface area contributed by atoms with Gasteiger partial charge in [0.15, 0.2) is 0 Å². The molecule has 0 aromatic rings. The van der Waals surface area contributed by atoms with E-state index in [1.54, 1.807) is 0 Å². The second-order valence-corrected chi connectivity index (χ2v) is 2.02. The maximum absolute atomic E-state index is 10.0. The number of carboxylic acid groups (broad SMARTS) is 1. The van der Waals surface area contributed by atoms with Gasteiger partial charge in [0.1, 0.15) is 0 Å². The number of amides is 1. The Hall–Kier alpha value is -2.04. The third kappa shape index (κ3) is 12.6. The fourth-order valence-electron chi connectivity index (χ4n) is 0.354. The molecule has 0 bridgehead atoms. The molecule has 5 heteroatoms. The number of hydrogen-bond donors (Lipinski definition) is 2. The number of hydrogen-bond acceptors (Lipinski definition) is 3. The summed E-state index contributed by atoms with van der Waals surface area (Å²) in [6.45, 7) is 9.61. The highest BCUT2D eigenvalue weighted by Crippen LogP contribution is 1.94. The van der Waals surface area contributed by atoms with Gasteiger partial charge in [0.25, 0.3) is 0 Å². The molecule has 0 fully saturated rings. The number of aliphatic carboxylic acids is 1. The molecule has 0 aliphatic heterocycles.